The predicted molar refractivity (Wildman–Crippen MR) is 236 cm³/mol. The summed E-state index contributed by atoms with van der Waals surface area (Å²) in [6.45, 7) is 0. The summed E-state index contributed by atoms with van der Waals surface area (Å²) < 4.78 is 4.88. The van der Waals surface area contributed by atoms with E-state index in [1.807, 2.05) is 0 Å². The molecule has 0 radical (unpaired) electrons. The maximum atomic E-state index is 5.53. The Bertz CT molecular complexity index is 3240. The summed E-state index contributed by atoms with van der Waals surface area (Å²) in [5.74, 6) is 0. The minimum atomic E-state index is -0.358. The molecule has 0 fully saturated rings. The predicted octanol–water partition coefficient (Wildman–Crippen LogP) is 13.4. The van der Waals surface area contributed by atoms with Gasteiger partial charge in [-0.25, -0.2) is 4.99 Å². The maximum Gasteiger partial charge on any atom is 0.201 e. The van der Waals surface area contributed by atoms with E-state index in [-0.39, 0.29) is 6.29 Å². The first-order valence-electron chi connectivity index (χ1n) is 19.6. The Morgan fingerprint density at radius 1 is 0.518 bits per heavy atom. The topological polar surface area (TPSA) is 34.2 Å². The molecular weight excluding hydrogens is 681 g/mol. The molecule has 1 atom stereocenters. The zero-order valence-electron chi connectivity index (χ0n) is 30.7. The summed E-state index contributed by atoms with van der Waals surface area (Å²) in [4.78, 5) is 5.53. The van der Waals surface area contributed by atoms with Crippen LogP contribution >= 0.6 is 0 Å². The highest BCUT2D eigenvalue weighted by Gasteiger charge is 2.26. The van der Waals surface area contributed by atoms with E-state index in [4.69, 9.17) is 4.99 Å². The second-order valence-electron chi connectivity index (χ2n) is 15.0. The largest absolute Gasteiger partial charge is 0.346 e. The Morgan fingerprint density at radius 3 is 1.96 bits per heavy atom. The molecule has 264 valence electrons. The quantitative estimate of drug-likeness (QED) is 0.193. The number of hydrogen-bond donors (Lipinski definition) is 1. The van der Waals surface area contributed by atoms with E-state index in [0.717, 1.165) is 52.1 Å². The number of aliphatic imine (C=N–C) groups is 1. The fourth-order valence-corrected chi connectivity index (χ4v) is 9.40. The highest BCUT2D eigenvalue weighted by Crippen LogP contribution is 2.43. The zero-order valence-corrected chi connectivity index (χ0v) is 30.7. The van der Waals surface area contributed by atoms with Gasteiger partial charge in [-0.2, -0.15) is 0 Å². The summed E-state index contributed by atoms with van der Waals surface area (Å²) in [6.07, 6.45) is 8.71. The Balaban J connectivity index is 1.14. The zero-order chi connectivity index (χ0) is 36.7. The molecule has 4 heteroatoms. The van der Waals surface area contributed by atoms with E-state index >= 15 is 0 Å². The first-order valence-corrected chi connectivity index (χ1v) is 19.6. The van der Waals surface area contributed by atoms with E-state index < -0.39 is 0 Å². The third kappa shape index (κ3) is 4.63. The summed E-state index contributed by atoms with van der Waals surface area (Å²) in [7, 11) is 0. The van der Waals surface area contributed by atoms with Crippen molar-refractivity contribution >= 4 is 82.1 Å². The van der Waals surface area contributed by atoms with Gasteiger partial charge < -0.3 is 14.5 Å². The van der Waals surface area contributed by atoms with Crippen LogP contribution in [-0.2, 0) is 0 Å². The van der Waals surface area contributed by atoms with Crippen LogP contribution in [0.25, 0.3) is 76.4 Å². The number of anilines is 1. The normalized spacial score (nSPS) is 15.5. The molecule has 0 amide bonds. The molecule has 1 aliphatic heterocycles. The number of nitrogens with one attached hydrogen (secondary N) is 1. The van der Waals surface area contributed by atoms with Crippen molar-refractivity contribution in [3.63, 3.8) is 0 Å². The van der Waals surface area contributed by atoms with Crippen LogP contribution in [0.4, 0.5) is 5.69 Å². The first kappa shape index (κ1) is 31.2. The lowest BCUT2D eigenvalue weighted by molar-refractivity contribution is 0.624. The number of rotatable bonds is 4. The minimum Gasteiger partial charge on any atom is -0.346 e. The number of aromatic nitrogens is 2. The molecule has 0 bridgehead atoms. The van der Waals surface area contributed by atoms with E-state index in [1.54, 1.807) is 0 Å². The molecule has 4 nitrogen and oxygen atoms in total. The SMILES string of the molecule is C1=CC(c2ccc3c4cc(-n5c6ccc7ccccc7c6c6c7ccccc7ccc65)ccc4n(C4N=C(c5ccccc5)c5ccccc5N4)c3c2)=CCC1. The second kappa shape index (κ2) is 12.2. The lowest BCUT2D eigenvalue weighted by Crippen LogP contribution is -2.24. The first-order chi connectivity index (χ1) is 27.8. The molecular formula is C52H36N4. The average molecular weight is 717 g/mol. The van der Waals surface area contributed by atoms with Gasteiger partial charge in [0.2, 0.25) is 6.29 Å². The van der Waals surface area contributed by atoms with E-state index in [9.17, 15) is 0 Å². The standard InChI is InChI=1S/C52H36N4/c1-3-13-33(14-4-1)37-23-27-41-43-32-38(55-46-28-24-34-15-7-9-19-39(34)49(46)50-40-20-10-8-16-35(40)25-29-47(50)55)26-30-45(43)56(48(41)31-37)52-53-44-22-12-11-21-42(44)51(54-52)36-17-5-2-6-18-36/h2-3,5-32,52-53H,1,4H2. The fraction of sp³-hybridized carbons (Fsp3) is 0.0577. The number of hydrogen-bond acceptors (Lipinski definition) is 2. The molecule has 0 saturated heterocycles. The van der Waals surface area contributed by atoms with Crippen molar-refractivity contribution in [1.82, 2.24) is 9.13 Å². The van der Waals surface area contributed by atoms with Crippen LogP contribution in [0.1, 0.15) is 35.8 Å². The molecule has 0 saturated carbocycles. The van der Waals surface area contributed by atoms with Crippen LogP contribution in [0.15, 0.2) is 187 Å². The molecule has 1 N–H and O–H groups in total. The Labute approximate surface area is 324 Å². The highest BCUT2D eigenvalue weighted by molar-refractivity contribution is 6.28. The molecule has 12 rings (SSSR count). The third-order valence-electron chi connectivity index (χ3n) is 11.9. The van der Waals surface area contributed by atoms with Crippen molar-refractivity contribution in [3.8, 4) is 5.69 Å². The van der Waals surface area contributed by atoms with Crippen LogP contribution in [-0.4, -0.2) is 14.8 Å². The molecule has 8 aromatic carbocycles. The van der Waals surface area contributed by atoms with Gasteiger partial charge in [-0.3, -0.25) is 0 Å². The molecule has 0 spiro atoms. The van der Waals surface area contributed by atoms with Gasteiger partial charge >= 0.3 is 0 Å². The van der Waals surface area contributed by atoms with Crippen LogP contribution in [0.3, 0.4) is 0 Å². The number of para-hydroxylation sites is 1. The third-order valence-corrected chi connectivity index (χ3v) is 11.9. The Kier molecular flexibility index (Phi) is 6.78. The van der Waals surface area contributed by atoms with E-state index in [1.165, 1.54) is 65.3 Å². The van der Waals surface area contributed by atoms with Crippen molar-refractivity contribution in [2.24, 2.45) is 4.99 Å². The van der Waals surface area contributed by atoms with Crippen molar-refractivity contribution in [3.05, 3.63) is 199 Å². The van der Waals surface area contributed by atoms with Crippen molar-refractivity contribution < 1.29 is 0 Å². The van der Waals surface area contributed by atoms with Crippen LogP contribution in [0, 0.1) is 0 Å². The van der Waals surface area contributed by atoms with Gasteiger partial charge in [0.25, 0.3) is 0 Å². The van der Waals surface area contributed by atoms with Gasteiger partial charge in [0.05, 0.1) is 27.8 Å². The van der Waals surface area contributed by atoms with E-state index in [0.29, 0.717) is 0 Å². The lowest BCUT2D eigenvalue weighted by atomic mass is 9.98. The number of fused-ring (bicyclic) bond motifs is 11. The number of allylic oxidation sites excluding steroid dienone is 4. The van der Waals surface area contributed by atoms with Gasteiger partial charge in [0.15, 0.2) is 0 Å². The highest BCUT2D eigenvalue weighted by atomic mass is 15.3. The van der Waals surface area contributed by atoms with E-state index in [2.05, 4.69) is 196 Å². The van der Waals surface area contributed by atoms with Gasteiger partial charge in [-0.1, -0.05) is 140 Å². The Hall–Kier alpha value is -7.17. The number of nitrogens with zero attached hydrogens (tertiary/aromatic N) is 3. The summed E-state index contributed by atoms with van der Waals surface area (Å²) in [6, 6.07) is 59.8. The van der Waals surface area contributed by atoms with Gasteiger partial charge in [0.1, 0.15) is 0 Å². The second-order valence-corrected chi connectivity index (χ2v) is 15.0. The monoisotopic (exact) mass is 716 g/mol. The van der Waals surface area contributed by atoms with Gasteiger partial charge in [0, 0.05) is 44.0 Å². The summed E-state index contributed by atoms with van der Waals surface area (Å²) >= 11 is 0. The van der Waals surface area contributed by atoms with Crippen molar-refractivity contribution in [2.75, 3.05) is 5.32 Å². The molecule has 2 aliphatic rings. The fourth-order valence-electron chi connectivity index (χ4n) is 9.40. The lowest BCUT2D eigenvalue weighted by Gasteiger charge is -2.28. The van der Waals surface area contributed by atoms with Gasteiger partial charge in [-0.05, 0) is 88.0 Å². The van der Waals surface area contributed by atoms with Crippen LogP contribution in [0.5, 0.6) is 0 Å². The van der Waals surface area contributed by atoms with Crippen LogP contribution in [0.2, 0.25) is 0 Å². The van der Waals surface area contributed by atoms with Crippen LogP contribution < -0.4 is 5.32 Å². The van der Waals surface area contributed by atoms with Gasteiger partial charge in [-0.15, -0.1) is 0 Å². The smallest absolute Gasteiger partial charge is 0.201 e. The maximum absolute atomic E-state index is 5.53. The number of benzene rings is 8. The average Bonchev–Trinajstić information content (AvgIpc) is 3.79. The van der Waals surface area contributed by atoms with Crippen molar-refractivity contribution in [2.45, 2.75) is 19.1 Å². The molecule has 1 unspecified atom stereocenters. The summed E-state index contributed by atoms with van der Waals surface area (Å²) in [5.41, 5.74) is 12.6. The molecule has 1 aliphatic carbocycles. The minimum absolute atomic E-state index is 0.358. The Morgan fingerprint density at radius 2 is 1.21 bits per heavy atom. The molecule has 2 aromatic heterocycles. The molecule has 10 aromatic rings. The summed E-state index contributed by atoms with van der Waals surface area (Å²) in [5, 5.41) is 13.9. The van der Waals surface area contributed by atoms with Crippen molar-refractivity contribution in [1.29, 1.82) is 0 Å². The molecule has 56 heavy (non-hydrogen) atoms. The molecule has 3 heterocycles.